The van der Waals surface area contributed by atoms with Crippen LogP contribution in [-0.2, 0) is 4.79 Å². The van der Waals surface area contributed by atoms with E-state index in [0.29, 0.717) is 18.0 Å². The van der Waals surface area contributed by atoms with E-state index in [1.807, 2.05) is 51.1 Å². The molecule has 1 aromatic heterocycles. The summed E-state index contributed by atoms with van der Waals surface area (Å²) in [6.45, 7) is 10.1. The minimum Gasteiger partial charge on any atom is -0.365 e. The van der Waals surface area contributed by atoms with Crippen molar-refractivity contribution >= 4 is 28.9 Å². The van der Waals surface area contributed by atoms with Crippen LogP contribution in [0.25, 0.3) is 11.3 Å². The quantitative estimate of drug-likeness (QED) is 0.542. The summed E-state index contributed by atoms with van der Waals surface area (Å²) in [6.07, 6.45) is 3.03. The van der Waals surface area contributed by atoms with E-state index < -0.39 is 5.41 Å². The van der Waals surface area contributed by atoms with Gasteiger partial charge >= 0.3 is 0 Å². The predicted molar refractivity (Wildman–Crippen MR) is 142 cm³/mol. The fourth-order valence-corrected chi connectivity index (χ4v) is 4.97. The summed E-state index contributed by atoms with van der Waals surface area (Å²) in [4.78, 5) is 26.4. The summed E-state index contributed by atoms with van der Waals surface area (Å²) in [5, 5.41) is 6.32. The van der Waals surface area contributed by atoms with Crippen LogP contribution >= 0.6 is 0 Å². The number of anilines is 4. The number of nitrogens with one attached hydrogen (secondary N) is 2. The van der Waals surface area contributed by atoms with Gasteiger partial charge in [0.05, 0.1) is 5.69 Å². The highest BCUT2D eigenvalue weighted by Gasteiger charge is 2.41. The Morgan fingerprint density at radius 1 is 1.00 bits per heavy atom. The standard InChI is InChI=1S/C28H34N6O/c1-18-14-21(10-11-25(18)34-17-22-15-23(34)16-33(22)5)31-27-29-13-12-24(32-27)19-6-8-20(9-7-19)30-26(35)28(2,3)4/h6-14,22-23H,15-17H2,1-5H3,(H,30,35)(H,29,31,32)/t22-,23-/m0/s1. The first-order valence-corrected chi connectivity index (χ1v) is 12.3. The highest BCUT2D eigenvalue weighted by atomic mass is 16.2. The molecule has 182 valence electrons. The van der Waals surface area contributed by atoms with Crippen LogP contribution in [0.2, 0.25) is 0 Å². The number of nitrogens with zero attached hydrogens (tertiary/aromatic N) is 4. The van der Waals surface area contributed by atoms with Gasteiger partial charge in [0.15, 0.2) is 0 Å². The van der Waals surface area contributed by atoms with Gasteiger partial charge in [-0.2, -0.15) is 0 Å². The van der Waals surface area contributed by atoms with Crippen LogP contribution in [0.4, 0.5) is 23.0 Å². The number of fused-ring (bicyclic) bond motifs is 2. The molecule has 0 radical (unpaired) electrons. The van der Waals surface area contributed by atoms with E-state index in [0.717, 1.165) is 35.7 Å². The number of piperazine rings is 1. The number of hydrogen-bond acceptors (Lipinski definition) is 6. The molecule has 5 rings (SSSR count). The summed E-state index contributed by atoms with van der Waals surface area (Å²) < 4.78 is 0. The Labute approximate surface area is 207 Å². The number of hydrogen-bond donors (Lipinski definition) is 2. The maximum atomic E-state index is 12.2. The Morgan fingerprint density at radius 2 is 1.74 bits per heavy atom. The van der Waals surface area contributed by atoms with Gasteiger partial charge in [-0.25, -0.2) is 9.97 Å². The molecule has 35 heavy (non-hydrogen) atoms. The molecule has 7 heteroatoms. The number of aryl methyl sites for hydroxylation is 1. The van der Waals surface area contributed by atoms with Crippen LogP contribution in [0, 0.1) is 12.3 Å². The Morgan fingerprint density at radius 3 is 2.37 bits per heavy atom. The first-order chi connectivity index (χ1) is 16.7. The van der Waals surface area contributed by atoms with Crippen molar-refractivity contribution in [1.82, 2.24) is 14.9 Å². The molecular formula is C28H34N6O. The normalized spacial score (nSPS) is 19.7. The van der Waals surface area contributed by atoms with Gasteiger partial charge < -0.3 is 15.5 Å². The molecule has 2 aliphatic rings. The largest absolute Gasteiger partial charge is 0.365 e. The number of likely N-dealkylation sites (N-methyl/N-ethyl adjacent to an activating group) is 1. The lowest BCUT2D eigenvalue weighted by Gasteiger charge is -2.34. The van der Waals surface area contributed by atoms with E-state index in [-0.39, 0.29) is 5.91 Å². The zero-order valence-electron chi connectivity index (χ0n) is 21.2. The topological polar surface area (TPSA) is 73.4 Å². The minimum atomic E-state index is -0.437. The lowest BCUT2D eigenvalue weighted by atomic mass is 9.95. The Hall–Kier alpha value is -3.45. The number of aromatic nitrogens is 2. The average Bonchev–Trinajstić information content (AvgIpc) is 3.39. The average molecular weight is 471 g/mol. The van der Waals surface area contributed by atoms with Crippen molar-refractivity contribution in [2.45, 2.75) is 46.2 Å². The third-order valence-corrected chi connectivity index (χ3v) is 7.05. The third kappa shape index (κ3) is 4.86. The number of likely N-dealkylation sites (tertiary alicyclic amines) is 1. The zero-order valence-corrected chi connectivity index (χ0v) is 21.2. The number of carbonyl (C=O) groups is 1. The Kier molecular flexibility index (Phi) is 5.97. The Balaban J connectivity index is 1.27. The van der Waals surface area contributed by atoms with Crippen molar-refractivity contribution in [2.24, 2.45) is 5.41 Å². The Bertz CT molecular complexity index is 1230. The third-order valence-electron chi connectivity index (χ3n) is 7.05. The van der Waals surface area contributed by atoms with Crippen molar-refractivity contribution in [1.29, 1.82) is 0 Å². The summed E-state index contributed by atoms with van der Waals surface area (Å²) in [6, 6.07) is 17.4. The summed E-state index contributed by atoms with van der Waals surface area (Å²) >= 11 is 0. The summed E-state index contributed by atoms with van der Waals surface area (Å²) in [5.41, 5.74) is 5.68. The van der Waals surface area contributed by atoms with Crippen LogP contribution in [0.1, 0.15) is 32.8 Å². The van der Waals surface area contributed by atoms with Crippen LogP contribution in [0.3, 0.4) is 0 Å². The van der Waals surface area contributed by atoms with Crippen LogP contribution in [0.15, 0.2) is 54.7 Å². The first kappa shape index (κ1) is 23.3. The molecule has 2 saturated heterocycles. The molecule has 0 unspecified atom stereocenters. The van der Waals surface area contributed by atoms with Gasteiger partial charge in [-0.15, -0.1) is 0 Å². The number of carbonyl (C=O) groups excluding carboxylic acids is 1. The van der Waals surface area contributed by atoms with Crippen LogP contribution in [0.5, 0.6) is 0 Å². The molecule has 2 bridgehead atoms. The monoisotopic (exact) mass is 470 g/mol. The molecule has 3 aromatic rings. The second-order valence-corrected chi connectivity index (χ2v) is 10.8. The smallest absolute Gasteiger partial charge is 0.229 e. The van der Waals surface area contributed by atoms with Crippen molar-refractivity contribution in [2.75, 3.05) is 35.7 Å². The molecular weight excluding hydrogens is 436 g/mol. The van der Waals surface area contributed by atoms with Gasteiger partial charge in [-0.3, -0.25) is 9.69 Å². The van der Waals surface area contributed by atoms with E-state index in [2.05, 4.69) is 57.6 Å². The fraction of sp³-hybridized carbons (Fsp3) is 0.393. The van der Waals surface area contributed by atoms with Crippen LogP contribution in [-0.4, -0.2) is 53.0 Å². The number of rotatable bonds is 5. The lowest BCUT2D eigenvalue weighted by molar-refractivity contribution is -0.123. The maximum absolute atomic E-state index is 12.2. The van der Waals surface area contributed by atoms with Crippen molar-refractivity contribution in [3.63, 3.8) is 0 Å². The molecule has 2 aromatic carbocycles. The molecule has 0 spiro atoms. The van der Waals surface area contributed by atoms with E-state index in [1.165, 1.54) is 17.7 Å². The molecule has 0 saturated carbocycles. The fourth-order valence-electron chi connectivity index (χ4n) is 4.97. The second-order valence-electron chi connectivity index (χ2n) is 10.8. The number of amides is 1. The van der Waals surface area contributed by atoms with E-state index in [4.69, 9.17) is 4.98 Å². The predicted octanol–water partition coefficient (Wildman–Crippen LogP) is 5.07. The van der Waals surface area contributed by atoms with Gasteiger partial charge in [-0.05, 0) is 62.4 Å². The van der Waals surface area contributed by atoms with E-state index in [9.17, 15) is 4.79 Å². The van der Waals surface area contributed by atoms with Gasteiger partial charge in [0.2, 0.25) is 11.9 Å². The van der Waals surface area contributed by atoms with Gasteiger partial charge in [0.25, 0.3) is 0 Å². The summed E-state index contributed by atoms with van der Waals surface area (Å²) in [5.74, 6) is 0.547. The SMILES string of the molecule is Cc1cc(Nc2nccc(-c3ccc(NC(=O)C(C)(C)C)cc3)n2)ccc1N1C[C@@H]2C[C@H]1CN2C. The van der Waals surface area contributed by atoms with E-state index in [1.54, 1.807) is 6.20 Å². The van der Waals surface area contributed by atoms with E-state index >= 15 is 0 Å². The molecule has 3 heterocycles. The molecule has 2 aliphatic heterocycles. The highest BCUT2D eigenvalue weighted by Crippen LogP contribution is 2.36. The molecule has 1 amide bonds. The van der Waals surface area contributed by atoms with Crippen molar-refractivity contribution in [3.8, 4) is 11.3 Å². The lowest BCUT2D eigenvalue weighted by Crippen LogP contribution is -2.44. The molecule has 0 aliphatic carbocycles. The first-order valence-electron chi connectivity index (χ1n) is 12.3. The van der Waals surface area contributed by atoms with Crippen molar-refractivity contribution in [3.05, 3.63) is 60.3 Å². The van der Waals surface area contributed by atoms with Gasteiger partial charge in [0.1, 0.15) is 0 Å². The van der Waals surface area contributed by atoms with Crippen LogP contribution < -0.4 is 15.5 Å². The van der Waals surface area contributed by atoms with Gasteiger partial charge in [0, 0.05) is 59.4 Å². The zero-order chi connectivity index (χ0) is 24.7. The molecule has 7 nitrogen and oxygen atoms in total. The number of benzene rings is 2. The summed E-state index contributed by atoms with van der Waals surface area (Å²) in [7, 11) is 2.23. The molecule has 2 fully saturated rings. The highest BCUT2D eigenvalue weighted by molar-refractivity contribution is 5.94. The maximum Gasteiger partial charge on any atom is 0.229 e. The molecule has 2 N–H and O–H groups in total. The minimum absolute atomic E-state index is 0.00958. The second kappa shape index (κ2) is 8.96. The van der Waals surface area contributed by atoms with Crippen molar-refractivity contribution < 1.29 is 4.79 Å². The molecule has 2 atom stereocenters. The van der Waals surface area contributed by atoms with Gasteiger partial charge in [-0.1, -0.05) is 32.9 Å².